The molecule has 1 heteroatoms. The number of allylic oxidation sites excluding steroid dienone is 1. The van der Waals surface area contributed by atoms with Gasteiger partial charge >= 0.3 is 0 Å². The Bertz CT molecular complexity index is 657. The summed E-state index contributed by atoms with van der Waals surface area (Å²) in [6.45, 7) is 9.47. The van der Waals surface area contributed by atoms with Gasteiger partial charge in [0, 0.05) is 5.92 Å². The Balaban J connectivity index is 2.06. The minimum atomic E-state index is -1.20. The molecular weight excluding hydrogens is 256 g/mol. The van der Waals surface area contributed by atoms with Gasteiger partial charge in [0.15, 0.2) is 0 Å². The molecule has 0 aromatic heterocycles. The molecule has 0 nitrogen and oxygen atoms in total. The third-order valence-electron chi connectivity index (χ3n) is 4.22. The summed E-state index contributed by atoms with van der Waals surface area (Å²) in [5, 5.41) is 1.53. The first kappa shape index (κ1) is 13.4. The van der Waals surface area contributed by atoms with Gasteiger partial charge in [0.05, 0.1) is 8.07 Å². The molecular formula is C19H22Si. The molecule has 3 rings (SSSR count). The van der Waals surface area contributed by atoms with E-state index in [1.165, 1.54) is 27.4 Å². The van der Waals surface area contributed by atoms with Crippen molar-refractivity contribution in [1.82, 2.24) is 0 Å². The molecule has 0 aliphatic heterocycles. The van der Waals surface area contributed by atoms with Gasteiger partial charge in [-0.25, -0.2) is 0 Å². The molecule has 0 saturated carbocycles. The predicted octanol–water partition coefficient (Wildman–Crippen LogP) is 5.03. The molecule has 1 aliphatic rings. The van der Waals surface area contributed by atoms with Crippen LogP contribution in [0, 0.1) is 0 Å². The molecule has 102 valence electrons. The topological polar surface area (TPSA) is 0 Å². The molecule has 2 aromatic carbocycles. The molecule has 0 amide bonds. The number of rotatable bonds is 2. The van der Waals surface area contributed by atoms with Crippen LogP contribution in [0.2, 0.25) is 19.6 Å². The summed E-state index contributed by atoms with van der Waals surface area (Å²) in [7, 11) is -1.20. The van der Waals surface area contributed by atoms with Crippen molar-refractivity contribution < 1.29 is 0 Å². The smallest absolute Gasteiger partial charge is 0.0766 e. The van der Waals surface area contributed by atoms with E-state index in [1.807, 2.05) is 0 Å². The van der Waals surface area contributed by atoms with E-state index in [4.69, 9.17) is 0 Å². The van der Waals surface area contributed by atoms with Crippen LogP contribution >= 0.6 is 0 Å². The van der Waals surface area contributed by atoms with Gasteiger partial charge in [-0.2, -0.15) is 0 Å². The second kappa shape index (κ2) is 4.74. The number of hydrogen-bond acceptors (Lipinski definition) is 0. The first-order chi connectivity index (χ1) is 9.47. The van der Waals surface area contributed by atoms with E-state index in [0.717, 1.165) is 0 Å². The van der Waals surface area contributed by atoms with Gasteiger partial charge in [0.25, 0.3) is 0 Å². The maximum atomic E-state index is 2.40. The van der Waals surface area contributed by atoms with E-state index in [-0.39, 0.29) is 0 Å². The van der Waals surface area contributed by atoms with Gasteiger partial charge in [-0.3, -0.25) is 0 Å². The first-order valence-electron chi connectivity index (χ1n) is 7.39. The third kappa shape index (κ3) is 2.27. The van der Waals surface area contributed by atoms with Crippen LogP contribution in [0.15, 0.2) is 48.5 Å². The maximum Gasteiger partial charge on any atom is 0.0775 e. The molecule has 0 spiro atoms. The SMILES string of the molecule is CC1C=Cc2cccc(-c3ccc([Si](C)(C)C)cc3)c21. The summed E-state index contributed by atoms with van der Waals surface area (Å²) >= 11 is 0. The van der Waals surface area contributed by atoms with Gasteiger partial charge in [0.2, 0.25) is 0 Å². The Kier molecular flexibility index (Phi) is 3.18. The van der Waals surface area contributed by atoms with Crippen molar-refractivity contribution in [3.05, 3.63) is 59.7 Å². The largest absolute Gasteiger partial charge is 0.0775 e. The van der Waals surface area contributed by atoms with E-state index < -0.39 is 8.07 Å². The van der Waals surface area contributed by atoms with E-state index >= 15 is 0 Å². The van der Waals surface area contributed by atoms with Gasteiger partial charge in [0.1, 0.15) is 0 Å². The fraction of sp³-hybridized carbons (Fsp3) is 0.263. The minimum absolute atomic E-state index is 0.526. The Labute approximate surface area is 123 Å². The molecule has 2 aromatic rings. The lowest BCUT2D eigenvalue weighted by Gasteiger charge is -2.18. The van der Waals surface area contributed by atoms with Crippen molar-refractivity contribution >= 4 is 19.3 Å². The van der Waals surface area contributed by atoms with Crippen molar-refractivity contribution in [1.29, 1.82) is 0 Å². The fourth-order valence-corrected chi connectivity index (χ4v) is 4.15. The monoisotopic (exact) mass is 278 g/mol. The quantitative estimate of drug-likeness (QED) is 0.676. The highest BCUT2D eigenvalue weighted by Crippen LogP contribution is 2.37. The number of hydrogen-bond donors (Lipinski definition) is 0. The molecule has 1 aliphatic carbocycles. The summed E-state index contributed by atoms with van der Waals surface area (Å²) in [6.07, 6.45) is 4.55. The average molecular weight is 278 g/mol. The lowest BCUT2D eigenvalue weighted by molar-refractivity contribution is 0.993. The first-order valence-corrected chi connectivity index (χ1v) is 10.9. The normalized spacial score (nSPS) is 17.3. The van der Waals surface area contributed by atoms with E-state index in [2.05, 4.69) is 81.2 Å². The summed E-state index contributed by atoms with van der Waals surface area (Å²) in [6, 6.07) is 15.9. The summed E-state index contributed by atoms with van der Waals surface area (Å²) in [4.78, 5) is 0. The second-order valence-corrected chi connectivity index (χ2v) is 11.9. The fourth-order valence-electron chi connectivity index (χ4n) is 2.98. The molecule has 0 bridgehead atoms. The van der Waals surface area contributed by atoms with Crippen LogP contribution in [0.5, 0.6) is 0 Å². The molecule has 20 heavy (non-hydrogen) atoms. The molecule has 0 saturated heterocycles. The predicted molar refractivity (Wildman–Crippen MR) is 92.3 cm³/mol. The van der Waals surface area contributed by atoms with E-state index in [9.17, 15) is 0 Å². The molecule has 1 unspecified atom stereocenters. The lowest BCUT2D eigenvalue weighted by Crippen LogP contribution is -2.37. The number of benzene rings is 2. The van der Waals surface area contributed by atoms with Crippen LogP contribution in [0.25, 0.3) is 17.2 Å². The van der Waals surface area contributed by atoms with Gasteiger partial charge in [-0.1, -0.05) is 86.4 Å². The van der Waals surface area contributed by atoms with Crippen LogP contribution in [0.3, 0.4) is 0 Å². The maximum absolute atomic E-state index is 2.40. The van der Waals surface area contributed by atoms with Crippen molar-refractivity contribution in [2.75, 3.05) is 0 Å². The Morgan fingerprint density at radius 3 is 2.25 bits per heavy atom. The zero-order valence-corrected chi connectivity index (χ0v) is 13.8. The highest BCUT2D eigenvalue weighted by molar-refractivity contribution is 6.88. The summed E-state index contributed by atoms with van der Waals surface area (Å²) in [5.74, 6) is 0.526. The van der Waals surface area contributed by atoms with Crippen LogP contribution in [-0.4, -0.2) is 8.07 Å². The summed E-state index contributed by atoms with van der Waals surface area (Å²) in [5.41, 5.74) is 5.60. The van der Waals surface area contributed by atoms with E-state index in [0.29, 0.717) is 5.92 Å². The van der Waals surface area contributed by atoms with Crippen molar-refractivity contribution in [3.8, 4) is 11.1 Å². The molecule has 0 radical (unpaired) electrons. The molecule has 0 fully saturated rings. The second-order valence-electron chi connectivity index (χ2n) is 6.78. The highest BCUT2D eigenvalue weighted by Gasteiger charge is 2.19. The Morgan fingerprint density at radius 1 is 0.900 bits per heavy atom. The van der Waals surface area contributed by atoms with Crippen molar-refractivity contribution in [2.45, 2.75) is 32.5 Å². The summed E-state index contributed by atoms with van der Waals surface area (Å²) < 4.78 is 0. The molecule has 0 N–H and O–H groups in total. The van der Waals surface area contributed by atoms with Gasteiger partial charge < -0.3 is 0 Å². The third-order valence-corrected chi connectivity index (χ3v) is 6.29. The van der Waals surface area contributed by atoms with E-state index in [1.54, 1.807) is 0 Å². The van der Waals surface area contributed by atoms with Crippen molar-refractivity contribution in [3.63, 3.8) is 0 Å². The minimum Gasteiger partial charge on any atom is -0.0766 e. The van der Waals surface area contributed by atoms with Crippen LogP contribution in [0.1, 0.15) is 24.0 Å². The van der Waals surface area contributed by atoms with Gasteiger partial charge in [-0.15, -0.1) is 0 Å². The van der Waals surface area contributed by atoms with Crippen LogP contribution in [-0.2, 0) is 0 Å². The highest BCUT2D eigenvalue weighted by atomic mass is 28.3. The molecule has 1 atom stereocenters. The Hall–Kier alpha value is -1.60. The molecule has 0 heterocycles. The van der Waals surface area contributed by atoms with Crippen LogP contribution < -0.4 is 5.19 Å². The average Bonchev–Trinajstić information content (AvgIpc) is 2.80. The number of fused-ring (bicyclic) bond motifs is 1. The standard InChI is InChI=1S/C19H22Si/c1-14-8-9-16-6-5-7-18(19(14)16)15-10-12-17(13-11-15)20(2,3)4/h5-14H,1-4H3. The van der Waals surface area contributed by atoms with Gasteiger partial charge in [-0.05, 0) is 22.3 Å². The zero-order valence-electron chi connectivity index (χ0n) is 12.8. The van der Waals surface area contributed by atoms with Crippen LogP contribution in [0.4, 0.5) is 0 Å². The van der Waals surface area contributed by atoms with Crippen molar-refractivity contribution in [2.24, 2.45) is 0 Å². The Morgan fingerprint density at radius 2 is 1.60 bits per heavy atom. The zero-order chi connectivity index (χ0) is 14.3. The lowest BCUT2D eigenvalue weighted by atomic mass is 9.92.